The van der Waals surface area contributed by atoms with Crippen LogP contribution in [0.4, 0.5) is 0 Å². The molecule has 1 aliphatic rings. The van der Waals surface area contributed by atoms with Gasteiger partial charge in [-0.15, -0.1) is 0 Å². The fourth-order valence-electron chi connectivity index (χ4n) is 1.77. The van der Waals surface area contributed by atoms with Gasteiger partial charge in [0.05, 0.1) is 0 Å². The Morgan fingerprint density at radius 3 is 2.65 bits per heavy atom. The van der Waals surface area contributed by atoms with Crippen molar-refractivity contribution in [2.45, 2.75) is 26.9 Å². The maximum absolute atomic E-state index is 5.86. The van der Waals surface area contributed by atoms with Gasteiger partial charge in [-0.1, -0.05) is 32.9 Å². The Hall–Kier alpha value is -1.22. The van der Waals surface area contributed by atoms with E-state index in [1.807, 2.05) is 24.3 Å². The highest BCUT2D eigenvalue weighted by Gasteiger charge is 2.20. The first-order valence-corrected chi connectivity index (χ1v) is 6.14. The molecule has 3 heteroatoms. The lowest BCUT2D eigenvalue weighted by Gasteiger charge is -2.28. The van der Waals surface area contributed by atoms with Crippen LogP contribution in [0.5, 0.6) is 11.5 Å². The lowest BCUT2D eigenvalue weighted by molar-refractivity contribution is 0.0887. The summed E-state index contributed by atoms with van der Waals surface area (Å²) in [6.45, 7) is 9.07. The highest BCUT2D eigenvalue weighted by atomic mass is 16.6. The topological polar surface area (TPSA) is 30.5 Å². The van der Waals surface area contributed by atoms with Crippen LogP contribution in [-0.2, 0) is 0 Å². The summed E-state index contributed by atoms with van der Waals surface area (Å²) in [5, 5.41) is 3.42. The third kappa shape index (κ3) is 3.63. The van der Waals surface area contributed by atoms with Crippen LogP contribution < -0.4 is 14.8 Å². The van der Waals surface area contributed by atoms with Crippen LogP contribution in [0.2, 0.25) is 0 Å². The quantitative estimate of drug-likeness (QED) is 0.873. The summed E-state index contributed by atoms with van der Waals surface area (Å²) in [5.74, 6) is 1.70. The molecule has 1 N–H and O–H groups in total. The van der Waals surface area contributed by atoms with Crippen LogP contribution in [0.15, 0.2) is 24.3 Å². The zero-order chi connectivity index (χ0) is 12.3. The van der Waals surface area contributed by atoms with E-state index in [0.29, 0.717) is 12.0 Å². The molecule has 0 fully saturated rings. The summed E-state index contributed by atoms with van der Waals surface area (Å²) >= 11 is 0. The SMILES string of the molecule is CC(C)(C)CNCC1COc2ccccc2O1. The predicted molar refractivity (Wildman–Crippen MR) is 68.7 cm³/mol. The number of nitrogens with one attached hydrogen (secondary N) is 1. The average Bonchev–Trinajstić information content (AvgIpc) is 2.27. The number of benzene rings is 1. The second kappa shape index (κ2) is 4.96. The van der Waals surface area contributed by atoms with Crippen molar-refractivity contribution in [2.75, 3.05) is 19.7 Å². The van der Waals surface area contributed by atoms with E-state index in [-0.39, 0.29) is 6.10 Å². The van der Waals surface area contributed by atoms with Crippen molar-refractivity contribution in [2.24, 2.45) is 5.41 Å². The van der Waals surface area contributed by atoms with Gasteiger partial charge in [0.1, 0.15) is 12.7 Å². The van der Waals surface area contributed by atoms with Gasteiger partial charge in [-0.05, 0) is 17.5 Å². The van der Waals surface area contributed by atoms with E-state index in [1.54, 1.807) is 0 Å². The Kier molecular flexibility index (Phi) is 3.57. The van der Waals surface area contributed by atoms with Gasteiger partial charge in [-0.25, -0.2) is 0 Å². The molecule has 1 aliphatic heterocycles. The summed E-state index contributed by atoms with van der Waals surface area (Å²) in [5.41, 5.74) is 0.299. The first-order valence-electron chi connectivity index (χ1n) is 6.14. The van der Waals surface area contributed by atoms with Crippen LogP contribution in [0, 0.1) is 5.41 Å². The van der Waals surface area contributed by atoms with E-state index >= 15 is 0 Å². The number of fused-ring (bicyclic) bond motifs is 1. The van der Waals surface area contributed by atoms with Crippen LogP contribution in [0.1, 0.15) is 20.8 Å². The molecule has 3 nitrogen and oxygen atoms in total. The second-order valence-electron chi connectivity index (χ2n) is 5.69. The highest BCUT2D eigenvalue weighted by molar-refractivity contribution is 5.40. The van der Waals surface area contributed by atoms with Gasteiger partial charge in [-0.2, -0.15) is 0 Å². The summed E-state index contributed by atoms with van der Waals surface area (Å²) in [6.07, 6.45) is 0.104. The van der Waals surface area contributed by atoms with Crippen molar-refractivity contribution in [3.8, 4) is 11.5 Å². The molecule has 0 aliphatic carbocycles. The Morgan fingerprint density at radius 2 is 1.94 bits per heavy atom. The van der Waals surface area contributed by atoms with Gasteiger partial charge in [0.15, 0.2) is 11.5 Å². The first-order chi connectivity index (χ1) is 8.04. The van der Waals surface area contributed by atoms with Gasteiger partial charge < -0.3 is 14.8 Å². The molecule has 0 amide bonds. The van der Waals surface area contributed by atoms with Crippen molar-refractivity contribution in [3.63, 3.8) is 0 Å². The van der Waals surface area contributed by atoms with Crippen molar-refractivity contribution in [1.29, 1.82) is 0 Å². The van der Waals surface area contributed by atoms with Gasteiger partial charge in [0, 0.05) is 13.1 Å². The lowest BCUT2D eigenvalue weighted by Crippen LogP contribution is -2.40. The van der Waals surface area contributed by atoms with E-state index in [9.17, 15) is 0 Å². The van der Waals surface area contributed by atoms with Crippen molar-refractivity contribution >= 4 is 0 Å². The molecular weight excluding hydrogens is 214 g/mol. The molecule has 1 aromatic rings. The molecule has 0 saturated heterocycles. The van der Waals surface area contributed by atoms with E-state index in [4.69, 9.17) is 9.47 Å². The molecule has 1 atom stereocenters. The molecule has 0 aromatic heterocycles. The molecule has 0 radical (unpaired) electrons. The van der Waals surface area contributed by atoms with E-state index in [1.165, 1.54) is 0 Å². The molecule has 0 bridgehead atoms. The average molecular weight is 235 g/mol. The number of rotatable bonds is 3. The van der Waals surface area contributed by atoms with E-state index in [2.05, 4.69) is 26.1 Å². The Morgan fingerprint density at radius 1 is 1.24 bits per heavy atom. The molecular formula is C14H21NO2. The zero-order valence-corrected chi connectivity index (χ0v) is 10.8. The highest BCUT2D eigenvalue weighted by Crippen LogP contribution is 2.30. The van der Waals surface area contributed by atoms with Crippen molar-refractivity contribution in [1.82, 2.24) is 5.32 Å². The fourth-order valence-corrected chi connectivity index (χ4v) is 1.77. The second-order valence-corrected chi connectivity index (χ2v) is 5.69. The monoisotopic (exact) mass is 235 g/mol. The molecule has 1 aromatic carbocycles. The third-order valence-electron chi connectivity index (χ3n) is 2.59. The first kappa shape index (κ1) is 12.2. The predicted octanol–water partition coefficient (Wildman–Crippen LogP) is 2.46. The Labute approximate surface area is 103 Å². The zero-order valence-electron chi connectivity index (χ0n) is 10.8. The van der Waals surface area contributed by atoms with Gasteiger partial charge in [-0.3, -0.25) is 0 Å². The summed E-state index contributed by atoms with van der Waals surface area (Å²) in [4.78, 5) is 0. The number of para-hydroxylation sites is 2. The van der Waals surface area contributed by atoms with Gasteiger partial charge in [0.25, 0.3) is 0 Å². The smallest absolute Gasteiger partial charge is 0.161 e. The molecule has 1 unspecified atom stereocenters. The van der Waals surface area contributed by atoms with Crippen LogP contribution in [0.3, 0.4) is 0 Å². The molecule has 1 heterocycles. The molecule has 94 valence electrons. The standard InChI is InChI=1S/C14H21NO2/c1-14(2,3)10-15-8-11-9-16-12-6-4-5-7-13(12)17-11/h4-7,11,15H,8-10H2,1-3H3. The van der Waals surface area contributed by atoms with Crippen LogP contribution in [0.25, 0.3) is 0 Å². The third-order valence-corrected chi connectivity index (χ3v) is 2.59. The summed E-state index contributed by atoms with van der Waals surface area (Å²) < 4.78 is 11.5. The van der Waals surface area contributed by atoms with E-state index < -0.39 is 0 Å². The van der Waals surface area contributed by atoms with Crippen molar-refractivity contribution in [3.05, 3.63) is 24.3 Å². The van der Waals surface area contributed by atoms with Gasteiger partial charge >= 0.3 is 0 Å². The largest absolute Gasteiger partial charge is 0.486 e. The minimum absolute atomic E-state index is 0.104. The van der Waals surface area contributed by atoms with Crippen LogP contribution in [-0.4, -0.2) is 25.8 Å². The van der Waals surface area contributed by atoms with Crippen molar-refractivity contribution < 1.29 is 9.47 Å². The number of hydrogen-bond donors (Lipinski definition) is 1. The van der Waals surface area contributed by atoms with E-state index in [0.717, 1.165) is 24.6 Å². The normalized spacial score (nSPS) is 19.1. The fraction of sp³-hybridized carbons (Fsp3) is 0.571. The maximum atomic E-state index is 5.86. The number of ether oxygens (including phenoxy) is 2. The molecule has 0 saturated carbocycles. The van der Waals surface area contributed by atoms with Gasteiger partial charge in [0.2, 0.25) is 0 Å². The minimum Gasteiger partial charge on any atom is -0.486 e. The maximum Gasteiger partial charge on any atom is 0.161 e. The lowest BCUT2D eigenvalue weighted by atomic mass is 9.97. The number of hydrogen-bond acceptors (Lipinski definition) is 3. The summed E-state index contributed by atoms with van der Waals surface area (Å²) in [7, 11) is 0. The molecule has 17 heavy (non-hydrogen) atoms. The van der Waals surface area contributed by atoms with Crippen LogP contribution >= 0.6 is 0 Å². The molecule has 2 rings (SSSR count). The Bertz CT molecular complexity index is 371. The minimum atomic E-state index is 0.104. The summed E-state index contributed by atoms with van der Waals surface area (Å²) in [6, 6.07) is 7.81. The molecule has 0 spiro atoms. The Balaban J connectivity index is 1.82.